The Hall–Kier alpha value is -0.800. The molecule has 0 aliphatic carbocycles. The van der Waals surface area contributed by atoms with Crippen LogP contribution in [-0.4, -0.2) is 18.5 Å². The van der Waals surface area contributed by atoms with Crippen molar-refractivity contribution in [2.45, 2.75) is 4.90 Å². The standard InChI is InChI=1S/C7H6OS.CH4O/c8-5-6-2-1-3-7(9)4-6;1-2/h1-5,9H;2H,1H3. The second kappa shape index (κ2) is 5.95. The van der Waals surface area contributed by atoms with Crippen molar-refractivity contribution in [1.82, 2.24) is 0 Å². The first-order valence-electron chi connectivity index (χ1n) is 3.02. The van der Waals surface area contributed by atoms with Gasteiger partial charge in [-0.2, -0.15) is 0 Å². The lowest BCUT2D eigenvalue weighted by Crippen LogP contribution is -1.76. The number of carbonyl (C=O) groups excluding carboxylic acids is 1. The van der Waals surface area contributed by atoms with Crippen LogP contribution >= 0.6 is 12.6 Å². The van der Waals surface area contributed by atoms with Gasteiger partial charge in [-0.25, -0.2) is 0 Å². The predicted octanol–water partition coefficient (Wildman–Crippen LogP) is 1.40. The van der Waals surface area contributed by atoms with E-state index in [2.05, 4.69) is 12.6 Å². The highest BCUT2D eigenvalue weighted by Crippen LogP contribution is 2.05. The Morgan fingerprint density at radius 3 is 2.45 bits per heavy atom. The number of hydrogen-bond donors (Lipinski definition) is 2. The molecule has 0 radical (unpaired) electrons. The third kappa shape index (κ3) is 3.80. The minimum atomic E-state index is 0.669. The van der Waals surface area contributed by atoms with E-state index in [-0.39, 0.29) is 0 Å². The molecule has 0 saturated carbocycles. The lowest BCUT2D eigenvalue weighted by molar-refractivity contribution is 0.112. The monoisotopic (exact) mass is 170 g/mol. The molecular weight excluding hydrogens is 160 g/mol. The van der Waals surface area contributed by atoms with Crippen LogP contribution in [0.15, 0.2) is 29.2 Å². The summed E-state index contributed by atoms with van der Waals surface area (Å²) in [6, 6.07) is 7.09. The van der Waals surface area contributed by atoms with E-state index < -0.39 is 0 Å². The normalized spacial score (nSPS) is 7.91. The van der Waals surface area contributed by atoms with Gasteiger partial charge in [0, 0.05) is 17.6 Å². The summed E-state index contributed by atoms with van der Waals surface area (Å²) >= 11 is 4.05. The third-order valence-electron chi connectivity index (χ3n) is 1.01. The lowest BCUT2D eigenvalue weighted by Gasteiger charge is -1.89. The molecule has 1 rings (SSSR count). The SMILES string of the molecule is CO.O=Cc1cccc(S)c1. The number of rotatable bonds is 1. The van der Waals surface area contributed by atoms with Crippen molar-refractivity contribution in [1.29, 1.82) is 0 Å². The van der Waals surface area contributed by atoms with Crippen LogP contribution in [-0.2, 0) is 0 Å². The van der Waals surface area contributed by atoms with Crippen molar-refractivity contribution in [3.05, 3.63) is 29.8 Å². The zero-order chi connectivity index (χ0) is 8.69. The minimum Gasteiger partial charge on any atom is -0.400 e. The van der Waals surface area contributed by atoms with E-state index in [4.69, 9.17) is 5.11 Å². The van der Waals surface area contributed by atoms with Crippen LogP contribution in [0, 0.1) is 0 Å². The lowest BCUT2D eigenvalue weighted by atomic mass is 10.2. The fourth-order valence-corrected chi connectivity index (χ4v) is 0.833. The fourth-order valence-electron chi connectivity index (χ4n) is 0.598. The van der Waals surface area contributed by atoms with Crippen LogP contribution in [0.2, 0.25) is 0 Å². The Labute approximate surface area is 71.3 Å². The van der Waals surface area contributed by atoms with Gasteiger partial charge < -0.3 is 5.11 Å². The number of thiol groups is 1. The minimum absolute atomic E-state index is 0.669. The Morgan fingerprint density at radius 1 is 1.45 bits per heavy atom. The summed E-state index contributed by atoms with van der Waals surface area (Å²) in [5, 5.41) is 7.00. The molecule has 3 heteroatoms. The van der Waals surface area contributed by atoms with Gasteiger partial charge in [0.15, 0.2) is 0 Å². The van der Waals surface area contributed by atoms with E-state index >= 15 is 0 Å². The summed E-state index contributed by atoms with van der Waals surface area (Å²) in [5.41, 5.74) is 0.669. The average molecular weight is 170 g/mol. The largest absolute Gasteiger partial charge is 0.400 e. The van der Waals surface area contributed by atoms with Gasteiger partial charge in [-0.15, -0.1) is 12.6 Å². The smallest absolute Gasteiger partial charge is 0.150 e. The summed E-state index contributed by atoms with van der Waals surface area (Å²) in [4.78, 5) is 10.9. The second-order valence-corrected chi connectivity index (χ2v) is 2.23. The Kier molecular flexibility index (Phi) is 5.51. The molecule has 11 heavy (non-hydrogen) atoms. The van der Waals surface area contributed by atoms with E-state index in [1.165, 1.54) is 0 Å². The molecule has 0 aliphatic rings. The number of aliphatic hydroxyl groups is 1. The van der Waals surface area contributed by atoms with Crippen LogP contribution in [0.3, 0.4) is 0 Å². The van der Waals surface area contributed by atoms with Crippen molar-refractivity contribution in [2.75, 3.05) is 7.11 Å². The summed E-state index contributed by atoms with van der Waals surface area (Å²) in [6.45, 7) is 0. The topological polar surface area (TPSA) is 37.3 Å². The van der Waals surface area contributed by atoms with Crippen molar-refractivity contribution in [2.24, 2.45) is 0 Å². The molecule has 0 heterocycles. The van der Waals surface area contributed by atoms with Crippen LogP contribution < -0.4 is 0 Å². The molecular formula is C8H10O2S. The maximum absolute atomic E-state index is 10.1. The Bertz CT molecular complexity index is 223. The molecule has 0 aromatic heterocycles. The summed E-state index contributed by atoms with van der Waals surface area (Å²) in [5.74, 6) is 0. The van der Waals surface area contributed by atoms with Crippen molar-refractivity contribution >= 4 is 18.9 Å². The van der Waals surface area contributed by atoms with Gasteiger partial charge in [-0.1, -0.05) is 12.1 Å². The van der Waals surface area contributed by atoms with Crippen LogP contribution in [0.4, 0.5) is 0 Å². The zero-order valence-electron chi connectivity index (χ0n) is 6.19. The molecule has 1 aromatic rings. The highest BCUT2D eigenvalue weighted by atomic mass is 32.1. The molecule has 0 amide bonds. The molecule has 0 spiro atoms. The number of aldehydes is 1. The maximum Gasteiger partial charge on any atom is 0.150 e. The third-order valence-corrected chi connectivity index (χ3v) is 1.28. The van der Waals surface area contributed by atoms with Gasteiger partial charge in [-0.05, 0) is 12.1 Å². The molecule has 60 valence electrons. The quantitative estimate of drug-likeness (QED) is 0.493. The summed E-state index contributed by atoms with van der Waals surface area (Å²) in [6.07, 6.45) is 0.805. The van der Waals surface area contributed by atoms with E-state index in [1.807, 2.05) is 6.07 Å². The average Bonchev–Trinajstić information content (AvgIpc) is 2.08. The number of carbonyl (C=O) groups is 1. The number of aliphatic hydroxyl groups excluding tert-OH is 1. The van der Waals surface area contributed by atoms with Crippen LogP contribution in [0.5, 0.6) is 0 Å². The molecule has 1 aromatic carbocycles. The van der Waals surface area contributed by atoms with Crippen molar-refractivity contribution < 1.29 is 9.90 Å². The summed E-state index contributed by atoms with van der Waals surface area (Å²) in [7, 11) is 1.00. The molecule has 0 unspecified atom stereocenters. The molecule has 0 fully saturated rings. The zero-order valence-corrected chi connectivity index (χ0v) is 7.08. The van der Waals surface area contributed by atoms with Gasteiger partial charge in [0.1, 0.15) is 6.29 Å². The van der Waals surface area contributed by atoms with Crippen LogP contribution in [0.1, 0.15) is 10.4 Å². The van der Waals surface area contributed by atoms with Gasteiger partial charge in [0.2, 0.25) is 0 Å². The molecule has 2 nitrogen and oxygen atoms in total. The Balaban J connectivity index is 0.000000461. The first kappa shape index (κ1) is 10.2. The van der Waals surface area contributed by atoms with E-state index in [0.29, 0.717) is 5.56 Å². The van der Waals surface area contributed by atoms with Gasteiger partial charge in [-0.3, -0.25) is 4.79 Å². The fraction of sp³-hybridized carbons (Fsp3) is 0.125. The van der Waals surface area contributed by atoms with Gasteiger partial charge >= 0.3 is 0 Å². The second-order valence-electron chi connectivity index (χ2n) is 1.71. The molecule has 0 bridgehead atoms. The van der Waals surface area contributed by atoms with Gasteiger partial charge in [0.25, 0.3) is 0 Å². The highest BCUT2D eigenvalue weighted by Gasteiger charge is 1.86. The molecule has 0 atom stereocenters. The first-order chi connectivity index (χ1) is 5.33. The van der Waals surface area contributed by atoms with Gasteiger partial charge in [0.05, 0.1) is 0 Å². The summed E-state index contributed by atoms with van der Waals surface area (Å²) < 4.78 is 0. The predicted molar refractivity (Wildman–Crippen MR) is 47.2 cm³/mol. The van der Waals surface area contributed by atoms with Crippen molar-refractivity contribution in [3.63, 3.8) is 0 Å². The Morgan fingerprint density at radius 2 is 2.09 bits per heavy atom. The van der Waals surface area contributed by atoms with E-state index in [1.54, 1.807) is 18.2 Å². The first-order valence-corrected chi connectivity index (χ1v) is 3.46. The van der Waals surface area contributed by atoms with E-state index in [0.717, 1.165) is 18.3 Å². The number of hydrogen-bond acceptors (Lipinski definition) is 3. The van der Waals surface area contributed by atoms with Crippen LogP contribution in [0.25, 0.3) is 0 Å². The highest BCUT2D eigenvalue weighted by molar-refractivity contribution is 7.80. The van der Waals surface area contributed by atoms with E-state index in [9.17, 15) is 4.79 Å². The molecule has 1 N–H and O–H groups in total. The maximum atomic E-state index is 10.1. The molecule has 0 aliphatic heterocycles. The molecule has 0 saturated heterocycles. The van der Waals surface area contributed by atoms with Crippen molar-refractivity contribution in [3.8, 4) is 0 Å². The number of benzene rings is 1.